The van der Waals surface area contributed by atoms with E-state index in [9.17, 15) is 0 Å². The van der Waals surface area contributed by atoms with Crippen LogP contribution in [0.5, 0.6) is 0 Å². The summed E-state index contributed by atoms with van der Waals surface area (Å²) in [6.07, 6.45) is 1.96. The van der Waals surface area contributed by atoms with E-state index in [1.54, 1.807) is 18.4 Å². The number of nitrogens with one attached hydrogen (secondary N) is 2. The fraction of sp³-hybridized carbons (Fsp3) is 0.278. The van der Waals surface area contributed by atoms with E-state index in [1.165, 1.54) is 4.88 Å². The Labute approximate surface area is 174 Å². The van der Waals surface area contributed by atoms with Gasteiger partial charge in [-0.2, -0.15) is 5.10 Å². The Morgan fingerprint density at radius 3 is 2.50 bits per heavy atom. The second-order valence-electron chi connectivity index (χ2n) is 5.62. The lowest BCUT2D eigenvalue weighted by atomic mass is 10.3. The maximum absolute atomic E-state index is 4.58. The van der Waals surface area contributed by atoms with Crippen molar-refractivity contribution in [3.05, 3.63) is 63.9 Å². The van der Waals surface area contributed by atoms with Crippen molar-refractivity contribution in [3.63, 3.8) is 0 Å². The highest BCUT2D eigenvalue weighted by Gasteiger charge is 2.06. The largest absolute Gasteiger partial charge is 0.351 e. The highest BCUT2D eigenvalue weighted by atomic mass is 127. The molecule has 0 amide bonds. The second kappa shape index (κ2) is 9.67. The molecule has 0 fully saturated rings. The van der Waals surface area contributed by atoms with Crippen LogP contribution in [0.25, 0.3) is 5.69 Å². The van der Waals surface area contributed by atoms with Gasteiger partial charge in [-0.15, -0.1) is 35.3 Å². The molecule has 26 heavy (non-hydrogen) atoms. The van der Waals surface area contributed by atoms with Gasteiger partial charge in [0.2, 0.25) is 0 Å². The lowest BCUT2D eigenvalue weighted by molar-refractivity contribution is 0.766. The fourth-order valence-electron chi connectivity index (χ4n) is 2.35. The van der Waals surface area contributed by atoms with Crippen LogP contribution in [0.2, 0.25) is 0 Å². The summed E-state index contributed by atoms with van der Waals surface area (Å²) in [5.41, 5.74) is 3.09. The van der Waals surface area contributed by atoms with E-state index in [1.807, 2.05) is 54.2 Å². The molecule has 0 saturated heterocycles. The topological polar surface area (TPSA) is 67.1 Å². The molecule has 2 heterocycles. The van der Waals surface area contributed by atoms with Crippen LogP contribution in [0.15, 0.2) is 47.6 Å². The number of thiazole rings is 1. The lowest BCUT2D eigenvalue weighted by Gasteiger charge is -2.09. The first kappa shape index (κ1) is 20.4. The van der Waals surface area contributed by atoms with Crippen molar-refractivity contribution in [2.45, 2.75) is 26.9 Å². The molecular weight excluding hydrogens is 459 g/mol. The number of guanidine groups is 1. The third-order valence-corrected chi connectivity index (χ3v) is 4.88. The number of aromatic nitrogens is 3. The van der Waals surface area contributed by atoms with Crippen molar-refractivity contribution in [2.75, 3.05) is 7.05 Å². The van der Waals surface area contributed by atoms with Gasteiger partial charge < -0.3 is 10.6 Å². The summed E-state index contributed by atoms with van der Waals surface area (Å²) in [6.45, 7) is 5.39. The van der Waals surface area contributed by atoms with Gasteiger partial charge in [0, 0.05) is 18.1 Å². The van der Waals surface area contributed by atoms with Crippen molar-refractivity contribution in [1.29, 1.82) is 0 Å². The molecule has 2 N–H and O–H groups in total. The number of nitrogens with zero attached hydrogens (tertiary/aromatic N) is 4. The van der Waals surface area contributed by atoms with Gasteiger partial charge in [-0.3, -0.25) is 4.99 Å². The third-order valence-electron chi connectivity index (χ3n) is 3.81. The zero-order valence-electron chi connectivity index (χ0n) is 15.1. The first-order chi connectivity index (χ1) is 12.2. The number of aryl methyl sites for hydroxylation is 2. The average Bonchev–Trinajstić information content (AvgIpc) is 3.23. The number of para-hydroxylation sites is 1. The number of rotatable bonds is 5. The molecular formula is C18H23IN6S. The summed E-state index contributed by atoms with van der Waals surface area (Å²) in [5, 5.41) is 12.2. The Bertz CT molecular complexity index is 836. The van der Waals surface area contributed by atoms with Crippen LogP contribution in [0, 0.1) is 13.8 Å². The molecule has 0 atom stereocenters. The van der Waals surface area contributed by atoms with Gasteiger partial charge in [0.25, 0.3) is 0 Å². The molecule has 0 aliphatic heterocycles. The Morgan fingerprint density at radius 2 is 1.85 bits per heavy atom. The number of hydrogen-bond donors (Lipinski definition) is 2. The minimum Gasteiger partial charge on any atom is -0.351 e. The van der Waals surface area contributed by atoms with Gasteiger partial charge in [0.1, 0.15) is 5.01 Å². The minimum atomic E-state index is 0. The molecule has 0 aliphatic rings. The standard InChI is InChI=1S/C18H22N6S.HI/c1-13-14(2)25-17(22-13)12-21-18(19-3)20-11-15-9-10-24(23-15)16-7-5-4-6-8-16;/h4-10H,11-12H2,1-3H3,(H2,19,20,21);1H. The summed E-state index contributed by atoms with van der Waals surface area (Å²) in [5.74, 6) is 0.736. The Morgan fingerprint density at radius 1 is 1.12 bits per heavy atom. The minimum absolute atomic E-state index is 0. The Balaban J connectivity index is 0.00000243. The third kappa shape index (κ3) is 5.28. The maximum atomic E-state index is 4.58. The summed E-state index contributed by atoms with van der Waals surface area (Å²) < 4.78 is 1.87. The van der Waals surface area contributed by atoms with Crippen LogP contribution in [0.1, 0.15) is 21.3 Å². The average molecular weight is 482 g/mol. The molecule has 3 aromatic rings. The van der Waals surface area contributed by atoms with E-state index in [-0.39, 0.29) is 24.0 Å². The van der Waals surface area contributed by atoms with E-state index in [4.69, 9.17) is 0 Å². The summed E-state index contributed by atoms with van der Waals surface area (Å²) in [6, 6.07) is 12.1. The molecule has 0 bridgehead atoms. The number of halogens is 1. The molecule has 6 nitrogen and oxygen atoms in total. The summed E-state index contributed by atoms with van der Waals surface area (Å²) in [7, 11) is 1.76. The summed E-state index contributed by atoms with van der Waals surface area (Å²) in [4.78, 5) is 10.0. The van der Waals surface area contributed by atoms with E-state index in [0.717, 1.165) is 28.0 Å². The predicted molar refractivity (Wildman–Crippen MR) is 118 cm³/mol. The number of aliphatic imine (C=N–C) groups is 1. The first-order valence-electron chi connectivity index (χ1n) is 8.13. The van der Waals surface area contributed by atoms with Crippen LogP contribution < -0.4 is 10.6 Å². The van der Waals surface area contributed by atoms with Crippen LogP contribution >= 0.6 is 35.3 Å². The molecule has 1 aromatic carbocycles. The van der Waals surface area contributed by atoms with Gasteiger partial charge in [-0.25, -0.2) is 9.67 Å². The first-order valence-corrected chi connectivity index (χ1v) is 8.95. The Hall–Kier alpha value is -1.94. The van der Waals surface area contributed by atoms with Crippen molar-refractivity contribution in [1.82, 2.24) is 25.4 Å². The van der Waals surface area contributed by atoms with Crippen molar-refractivity contribution in [2.24, 2.45) is 4.99 Å². The van der Waals surface area contributed by atoms with E-state index in [2.05, 4.69) is 32.6 Å². The maximum Gasteiger partial charge on any atom is 0.191 e. The summed E-state index contributed by atoms with van der Waals surface area (Å²) >= 11 is 1.71. The zero-order chi connectivity index (χ0) is 17.6. The van der Waals surface area contributed by atoms with Gasteiger partial charge in [0.05, 0.1) is 30.2 Å². The van der Waals surface area contributed by atoms with Crippen LogP contribution in [0.3, 0.4) is 0 Å². The van der Waals surface area contributed by atoms with Gasteiger partial charge in [0.15, 0.2) is 5.96 Å². The zero-order valence-corrected chi connectivity index (χ0v) is 18.2. The molecule has 0 radical (unpaired) electrons. The van der Waals surface area contributed by atoms with Crippen molar-refractivity contribution in [3.8, 4) is 5.69 Å². The molecule has 0 saturated carbocycles. The van der Waals surface area contributed by atoms with E-state index >= 15 is 0 Å². The smallest absolute Gasteiger partial charge is 0.191 e. The van der Waals surface area contributed by atoms with Crippen LogP contribution in [0.4, 0.5) is 0 Å². The quantitative estimate of drug-likeness (QED) is 0.332. The van der Waals surface area contributed by atoms with Gasteiger partial charge >= 0.3 is 0 Å². The number of benzene rings is 1. The molecule has 3 rings (SSSR count). The van der Waals surface area contributed by atoms with Gasteiger partial charge in [-0.1, -0.05) is 18.2 Å². The molecule has 138 valence electrons. The number of hydrogen-bond acceptors (Lipinski definition) is 4. The van der Waals surface area contributed by atoms with Crippen molar-refractivity contribution < 1.29 is 0 Å². The van der Waals surface area contributed by atoms with Crippen molar-refractivity contribution >= 4 is 41.3 Å². The molecule has 0 aliphatic carbocycles. The van der Waals surface area contributed by atoms with Gasteiger partial charge in [-0.05, 0) is 32.0 Å². The fourth-order valence-corrected chi connectivity index (χ4v) is 3.22. The lowest BCUT2D eigenvalue weighted by Crippen LogP contribution is -2.36. The predicted octanol–water partition coefficient (Wildman–Crippen LogP) is 3.43. The molecule has 0 spiro atoms. The van der Waals surface area contributed by atoms with E-state index < -0.39 is 0 Å². The SMILES string of the molecule is CN=C(NCc1ccn(-c2ccccc2)n1)NCc1nc(C)c(C)s1.I. The molecule has 8 heteroatoms. The Kier molecular flexibility index (Phi) is 7.58. The normalized spacial score (nSPS) is 11.1. The van der Waals surface area contributed by atoms with Crippen LogP contribution in [-0.2, 0) is 13.1 Å². The highest BCUT2D eigenvalue weighted by molar-refractivity contribution is 14.0. The molecule has 0 unspecified atom stereocenters. The second-order valence-corrected chi connectivity index (χ2v) is 6.90. The highest BCUT2D eigenvalue weighted by Crippen LogP contribution is 2.15. The monoisotopic (exact) mass is 482 g/mol. The molecule has 2 aromatic heterocycles. The van der Waals surface area contributed by atoms with E-state index in [0.29, 0.717) is 13.1 Å². The van der Waals surface area contributed by atoms with Crippen LogP contribution in [-0.4, -0.2) is 27.8 Å².